The minimum absolute atomic E-state index is 0.00762. The predicted molar refractivity (Wildman–Crippen MR) is 116 cm³/mol. The Hall–Kier alpha value is -3.02. The minimum Gasteiger partial charge on any atom is -0.497 e. The van der Waals surface area contributed by atoms with Crippen molar-refractivity contribution in [2.24, 2.45) is 0 Å². The summed E-state index contributed by atoms with van der Waals surface area (Å²) in [7, 11) is 1.59. The van der Waals surface area contributed by atoms with E-state index in [1.165, 1.54) is 0 Å². The van der Waals surface area contributed by atoms with E-state index in [0.717, 1.165) is 11.1 Å². The summed E-state index contributed by atoms with van der Waals surface area (Å²) < 4.78 is 12.5. The second-order valence-electron chi connectivity index (χ2n) is 8.93. The van der Waals surface area contributed by atoms with Gasteiger partial charge in [0.15, 0.2) is 5.58 Å². The first-order valence-electron chi connectivity index (χ1n) is 10.4. The van der Waals surface area contributed by atoms with Gasteiger partial charge in [-0.25, -0.2) is 4.79 Å². The molecule has 0 aliphatic carbocycles. The molecule has 4 rings (SSSR count). The lowest BCUT2D eigenvalue weighted by atomic mass is 9.87. The smallest absolute Gasteiger partial charge is 0.420 e. The van der Waals surface area contributed by atoms with Crippen molar-refractivity contribution in [3.63, 3.8) is 0 Å². The van der Waals surface area contributed by atoms with E-state index in [4.69, 9.17) is 9.15 Å². The van der Waals surface area contributed by atoms with Gasteiger partial charge in [-0.05, 0) is 54.2 Å². The summed E-state index contributed by atoms with van der Waals surface area (Å²) in [6, 6.07) is 13.2. The van der Waals surface area contributed by atoms with Crippen LogP contribution >= 0.6 is 0 Å². The van der Waals surface area contributed by atoms with Crippen LogP contribution in [0.25, 0.3) is 11.1 Å². The Balaban J connectivity index is 1.55. The molecule has 3 aromatic rings. The molecule has 0 spiro atoms. The fourth-order valence-electron chi connectivity index (χ4n) is 4.11. The van der Waals surface area contributed by atoms with Crippen molar-refractivity contribution in [1.82, 2.24) is 9.47 Å². The third-order valence-electron chi connectivity index (χ3n) is 5.91. The number of benzene rings is 2. The van der Waals surface area contributed by atoms with Crippen molar-refractivity contribution in [1.29, 1.82) is 0 Å². The highest BCUT2D eigenvalue weighted by atomic mass is 16.5. The van der Waals surface area contributed by atoms with Gasteiger partial charge in [0.05, 0.1) is 12.6 Å². The van der Waals surface area contributed by atoms with Gasteiger partial charge in [0.2, 0.25) is 0 Å². The summed E-state index contributed by atoms with van der Waals surface area (Å²) in [4.78, 5) is 27.3. The summed E-state index contributed by atoms with van der Waals surface area (Å²) in [5, 5.41) is 0. The Morgan fingerprint density at radius 3 is 2.50 bits per heavy atom. The first-order chi connectivity index (χ1) is 14.3. The number of likely N-dealkylation sites (tertiary alicyclic amines) is 1. The van der Waals surface area contributed by atoms with Crippen LogP contribution in [0.4, 0.5) is 0 Å². The fourth-order valence-corrected chi connectivity index (χ4v) is 4.11. The number of amides is 1. The number of carbonyl (C=O) groups is 1. The number of carbonyl (C=O) groups excluding carboxylic acids is 1. The van der Waals surface area contributed by atoms with Crippen LogP contribution in [0.3, 0.4) is 0 Å². The lowest BCUT2D eigenvalue weighted by Gasteiger charge is -2.32. The number of fused-ring (bicyclic) bond motifs is 1. The summed E-state index contributed by atoms with van der Waals surface area (Å²) in [5.41, 5.74) is 3.22. The molecule has 0 atom stereocenters. The quantitative estimate of drug-likeness (QED) is 0.645. The Morgan fingerprint density at radius 1 is 1.10 bits per heavy atom. The molecule has 6 nitrogen and oxygen atoms in total. The molecule has 1 saturated heterocycles. The Labute approximate surface area is 176 Å². The number of hydrogen-bond donors (Lipinski definition) is 0. The van der Waals surface area contributed by atoms with E-state index in [2.05, 4.69) is 26.8 Å². The van der Waals surface area contributed by atoms with Gasteiger partial charge < -0.3 is 14.1 Å². The number of oxazole rings is 1. The van der Waals surface area contributed by atoms with Crippen molar-refractivity contribution < 1.29 is 13.9 Å². The van der Waals surface area contributed by atoms with Crippen LogP contribution in [-0.4, -0.2) is 35.6 Å². The molecule has 0 radical (unpaired) electrons. The zero-order chi connectivity index (χ0) is 21.5. The summed E-state index contributed by atoms with van der Waals surface area (Å²) >= 11 is 0. The van der Waals surface area contributed by atoms with Crippen molar-refractivity contribution >= 4 is 17.0 Å². The van der Waals surface area contributed by atoms with Gasteiger partial charge in [-0.2, -0.15) is 0 Å². The molecule has 1 aliphatic rings. The van der Waals surface area contributed by atoms with Crippen LogP contribution in [0.1, 0.15) is 55.6 Å². The lowest BCUT2D eigenvalue weighted by molar-refractivity contribution is 0.0693. The number of rotatable bonds is 3. The van der Waals surface area contributed by atoms with Crippen LogP contribution in [-0.2, 0) is 5.41 Å². The first-order valence-corrected chi connectivity index (χ1v) is 10.4. The van der Waals surface area contributed by atoms with E-state index in [1.807, 2.05) is 29.2 Å². The van der Waals surface area contributed by atoms with Crippen LogP contribution < -0.4 is 10.5 Å². The molecule has 30 heavy (non-hydrogen) atoms. The number of ether oxygens (including phenoxy) is 1. The molecule has 1 aliphatic heterocycles. The van der Waals surface area contributed by atoms with E-state index < -0.39 is 0 Å². The highest BCUT2D eigenvalue weighted by Gasteiger charge is 2.28. The Morgan fingerprint density at radius 2 is 1.83 bits per heavy atom. The van der Waals surface area contributed by atoms with Crippen molar-refractivity contribution in [3.05, 3.63) is 64.1 Å². The zero-order valence-electron chi connectivity index (χ0n) is 18.0. The average Bonchev–Trinajstić information content (AvgIpc) is 3.07. The highest BCUT2D eigenvalue weighted by molar-refractivity contribution is 5.94. The minimum atomic E-state index is -0.325. The summed E-state index contributed by atoms with van der Waals surface area (Å²) in [5.74, 6) is 0.335. The zero-order valence-corrected chi connectivity index (χ0v) is 18.0. The van der Waals surface area contributed by atoms with Crippen LogP contribution in [0.15, 0.2) is 51.7 Å². The van der Waals surface area contributed by atoms with E-state index in [-0.39, 0.29) is 23.1 Å². The maximum atomic E-state index is 12.9. The number of hydrogen-bond acceptors (Lipinski definition) is 4. The number of piperidine rings is 1. The molecular weight excluding hydrogens is 380 g/mol. The number of methoxy groups -OCH3 is 1. The average molecular weight is 408 g/mol. The Kier molecular flexibility index (Phi) is 5.18. The molecule has 0 saturated carbocycles. The SMILES string of the molecule is COc1cccc(C(=O)N2CCC(n3c(=O)oc4ccc(C(C)(C)C)cc43)CC2)c1. The van der Waals surface area contributed by atoms with E-state index >= 15 is 0 Å². The predicted octanol–water partition coefficient (Wildman–Crippen LogP) is 4.38. The topological polar surface area (TPSA) is 64.7 Å². The molecule has 0 N–H and O–H groups in total. The molecule has 6 heteroatoms. The molecular formula is C24H28N2O4. The fraction of sp³-hybridized carbons (Fsp3) is 0.417. The van der Waals surface area contributed by atoms with Crippen molar-refractivity contribution in [2.75, 3.05) is 20.2 Å². The maximum absolute atomic E-state index is 12.9. The second kappa shape index (κ2) is 7.67. The van der Waals surface area contributed by atoms with Gasteiger partial charge in [0.1, 0.15) is 5.75 Å². The molecule has 1 aromatic heterocycles. The summed E-state index contributed by atoms with van der Waals surface area (Å²) in [6.45, 7) is 7.65. The van der Waals surface area contributed by atoms with E-state index in [9.17, 15) is 9.59 Å². The monoisotopic (exact) mass is 408 g/mol. The van der Waals surface area contributed by atoms with Crippen LogP contribution in [0.5, 0.6) is 5.75 Å². The Bertz CT molecular complexity index is 1130. The normalized spacial score (nSPS) is 15.5. The molecule has 2 aromatic carbocycles. The van der Waals surface area contributed by atoms with Crippen LogP contribution in [0.2, 0.25) is 0 Å². The lowest BCUT2D eigenvalue weighted by Crippen LogP contribution is -2.40. The van der Waals surface area contributed by atoms with Crippen LogP contribution in [0, 0.1) is 0 Å². The maximum Gasteiger partial charge on any atom is 0.420 e. The van der Waals surface area contributed by atoms with Gasteiger partial charge in [0.25, 0.3) is 5.91 Å². The first kappa shape index (κ1) is 20.3. The van der Waals surface area contributed by atoms with E-state index in [0.29, 0.717) is 42.8 Å². The van der Waals surface area contributed by atoms with Gasteiger partial charge in [-0.1, -0.05) is 32.9 Å². The number of aromatic nitrogens is 1. The molecule has 0 bridgehead atoms. The number of nitrogens with zero attached hydrogens (tertiary/aromatic N) is 2. The molecule has 1 fully saturated rings. The second-order valence-corrected chi connectivity index (χ2v) is 8.93. The van der Waals surface area contributed by atoms with Gasteiger partial charge in [-0.15, -0.1) is 0 Å². The van der Waals surface area contributed by atoms with Gasteiger partial charge >= 0.3 is 5.76 Å². The molecule has 2 heterocycles. The molecule has 158 valence electrons. The van der Waals surface area contributed by atoms with Crippen molar-refractivity contribution in [2.45, 2.75) is 45.1 Å². The van der Waals surface area contributed by atoms with Gasteiger partial charge in [0, 0.05) is 24.7 Å². The van der Waals surface area contributed by atoms with Gasteiger partial charge in [-0.3, -0.25) is 9.36 Å². The third-order valence-corrected chi connectivity index (χ3v) is 5.91. The third kappa shape index (κ3) is 3.74. The van der Waals surface area contributed by atoms with E-state index in [1.54, 1.807) is 23.8 Å². The largest absolute Gasteiger partial charge is 0.497 e. The standard InChI is InChI=1S/C24H28N2O4/c1-24(2,3)17-8-9-21-20(15-17)26(23(28)30-21)18-10-12-25(13-11-18)22(27)16-6-5-7-19(14-16)29-4/h5-9,14-15,18H,10-13H2,1-4H3. The van der Waals surface area contributed by atoms with Crippen molar-refractivity contribution in [3.8, 4) is 5.75 Å². The molecule has 0 unspecified atom stereocenters. The highest BCUT2D eigenvalue weighted by Crippen LogP contribution is 2.30. The molecule has 1 amide bonds. The summed E-state index contributed by atoms with van der Waals surface area (Å²) in [6.07, 6.45) is 1.42.